The summed E-state index contributed by atoms with van der Waals surface area (Å²) in [5, 5.41) is 12.6. The van der Waals surface area contributed by atoms with Gasteiger partial charge in [0.15, 0.2) is 0 Å². The van der Waals surface area contributed by atoms with Gasteiger partial charge in [-0.25, -0.2) is 4.98 Å². The molecule has 1 N–H and O–H groups in total. The lowest BCUT2D eigenvalue weighted by Gasteiger charge is -2.22. The highest BCUT2D eigenvalue weighted by molar-refractivity contribution is 5.98. The van der Waals surface area contributed by atoms with Gasteiger partial charge in [-0.2, -0.15) is 5.26 Å². The number of rotatable bonds is 10. The molecule has 1 saturated heterocycles. The monoisotopic (exact) mass is 501 g/mol. The highest BCUT2D eigenvalue weighted by atomic mass is 16.2. The lowest BCUT2D eigenvalue weighted by molar-refractivity contribution is 0.0751. The largest absolute Gasteiger partial charge is 0.339 e. The highest BCUT2D eigenvalue weighted by Crippen LogP contribution is 2.27. The number of aromatic nitrogens is 2. The van der Waals surface area contributed by atoms with Crippen LogP contribution in [0.3, 0.4) is 0 Å². The molecular formula is C31H43N5O. The van der Waals surface area contributed by atoms with E-state index in [0.29, 0.717) is 11.1 Å². The maximum atomic E-state index is 13.3. The van der Waals surface area contributed by atoms with E-state index in [-0.39, 0.29) is 5.91 Å². The smallest absolute Gasteiger partial charge is 0.253 e. The fraction of sp³-hybridized carbons (Fsp3) is 0.516. The topological polar surface area (TPSA) is 74.0 Å². The van der Waals surface area contributed by atoms with E-state index in [1.165, 1.54) is 32.4 Å². The van der Waals surface area contributed by atoms with Gasteiger partial charge in [0.2, 0.25) is 0 Å². The Kier molecular flexibility index (Phi) is 11.6. The summed E-state index contributed by atoms with van der Waals surface area (Å²) in [6.07, 6.45) is 9.35. The minimum absolute atomic E-state index is 0.0982. The average molecular weight is 502 g/mol. The van der Waals surface area contributed by atoms with E-state index in [4.69, 9.17) is 4.98 Å². The second-order valence-electron chi connectivity index (χ2n) is 9.79. The molecule has 0 unspecified atom stereocenters. The maximum Gasteiger partial charge on any atom is 0.253 e. The zero-order valence-electron chi connectivity index (χ0n) is 22.9. The minimum atomic E-state index is 0.0982. The molecule has 0 spiro atoms. The van der Waals surface area contributed by atoms with E-state index in [0.717, 1.165) is 74.2 Å². The Morgan fingerprint density at radius 2 is 1.73 bits per heavy atom. The van der Waals surface area contributed by atoms with Crippen molar-refractivity contribution >= 4 is 16.9 Å². The molecule has 0 radical (unpaired) electrons. The van der Waals surface area contributed by atoms with Gasteiger partial charge in [0.25, 0.3) is 5.91 Å². The van der Waals surface area contributed by atoms with Crippen molar-refractivity contribution in [3.05, 3.63) is 53.6 Å². The number of nitrogens with zero attached hydrogens (tertiary/aromatic N) is 4. The number of hydrogen-bond donors (Lipinski definition) is 1. The van der Waals surface area contributed by atoms with Gasteiger partial charge in [-0.15, -0.1) is 0 Å². The number of amides is 1. The molecule has 2 aromatic carbocycles. The Balaban J connectivity index is 0.000000555. The fourth-order valence-electron chi connectivity index (χ4n) is 4.65. The molecule has 6 nitrogen and oxygen atoms in total. The van der Waals surface area contributed by atoms with Crippen LogP contribution in [0.4, 0.5) is 0 Å². The van der Waals surface area contributed by atoms with Gasteiger partial charge in [-0.05, 0) is 75.5 Å². The molecular weight excluding hydrogens is 458 g/mol. The molecule has 0 saturated carbocycles. The number of nitrogens with one attached hydrogen (secondary N) is 1. The van der Waals surface area contributed by atoms with Gasteiger partial charge in [0.05, 0.1) is 22.7 Å². The number of carbonyl (C=O) groups excluding carboxylic acids is 1. The summed E-state index contributed by atoms with van der Waals surface area (Å²) in [5.41, 5.74) is 4.09. The minimum Gasteiger partial charge on any atom is -0.339 e. The number of piperidine rings is 1. The maximum absolute atomic E-state index is 13.3. The molecule has 1 aromatic heterocycles. The molecule has 0 atom stereocenters. The van der Waals surface area contributed by atoms with Crippen molar-refractivity contribution in [2.24, 2.45) is 0 Å². The molecule has 198 valence electrons. The first-order chi connectivity index (χ1) is 18.1. The quantitative estimate of drug-likeness (QED) is 0.332. The van der Waals surface area contributed by atoms with E-state index in [1.807, 2.05) is 41.3 Å². The number of benzene rings is 2. The molecule has 1 fully saturated rings. The first-order valence-corrected chi connectivity index (χ1v) is 14.1. The van der Waals surface area contributed by atoms with E-state index in [9.17, 15) is 10.1 Å². The molecule has 1 aliphatic heterocycles. The predicted molar refractivity (Wildman–Crippen MR) is 153 cm³/mol. The van der Waals surface area contributed by atoms with Crippen LogP contribution in [0.1, 0.15) is 88.1 Å². The lowest BCUT2D eigenvalue weighted by atomic mass is 10.1. The zero-order valence-corrected chi connectivity index (χ0v) is 22.9. The second kappa shape index (κ2) is 15.2. The number of fused-ring (bicyclic) bond motifs is 1. The summed E-state index contributed by atoms with van der Waals surface area (Å²) >= 11 is 0. The fourth-order valence-corrected chi connectivity index (χ4v) is 4.65. The Morgan fingerprint density at radius 3 is 2.30 bits per heavy atom. The van der Waals surface area contributed by atoms with Gasteiger partial charge in [0.1, 0.15) is 5.82 Å². The first kappa shape index (κ1) is 28.4. The first-order valence-electron chi connectivity index (χ1n) is 14.1. The standard InChI is InChI=1S/C26H32N4O.C5H11N/c1-4-7-15-29(16-8-5-2)26(31)22-12-13-23-24(18-22)30(14-6-3)25(28-23)21-11-9-10-20(17-21)19-27;1-2-4-6-5-3-1/h9-13,17-18H,4-8,14-16H2,1-3H3;6H,1-5H2. The van der Waals surface area contributed by atoms with Crippen LogP contribution in [0.25, 0.3) is 22.4 Å². The Hall–Kier alpha value is -3.17. The third-order valence-electron chi connectivity index (χ3n) is 6.75. The van der Waals surface area contributed by atoms with Crippen molar-refractivity contribution in [3.8, 4) is 17.5 Å². The third kappa shape index (κ3) is 7.90. The lowest BCUT2D eigenvalue weighted by Crippen LogP contribution is -2.32. The Morgan fingerprint density at radius 1 is 1.00 bits per heavy atom. The number of hydrogen-bond acceptors (Lipinski definition) is 4. The van der Waals surface area contributed by atoms with Crippen LogP contribution < -0.4 is 5.32 Å². The summed E-state index contributed by atoms with van der Waals surface area (Å²) in [7, 11) is 0. The second-order valence-corrected chi connectivity index (χ2v) is 9.79. The van der Waals surface area contributed by atoms with E-state index in [2.05, 4.69) is 36.7 Å². The molecule has 0 bridgehead atoms. The number of carbonyl (C=O) groups is 1. The predicted octanol–water partition coefficient (Wildman–Crippen LogP) is 6.79. The highest BCUT2D eigenvalue weighted by Gasteiger charge is 2.18. The van der Waals surface area contributed by atoms with Crippen molar-refractivity contribution < 1.29 is 4.79 Å². The third-order valence-corrected chi connectivity index (χ3v) is 6.75. The number of imidazole rings is 1. The molecule has 0 aliphatic carbocycles. The van der Waals surface area contributed by atoms with Crippen LogP contribution in [0.15, 0.2) is 42.5 Å². The summed E-state index contributed by atoms with van der Waals surface area (Å²) in [6.45, 7) is 11.3. The van der Waals surface area contributed by atoms with Crippen LogP contribution >= 0.6 is 0 Å². The van der Waals surface area contributed by atoms with Crippen LogP contribution in [-0.2, 0) is 6.54 Å². The van der Waals surface area contributed by atoms with E-state index >= 15 is 0 Å². The SMILES string of the molecule is C1CCNCC1.CCCCN(CCCC)C(=O)c1ccc2nc(-c3cccc(C#N)c3)n(CCC)c2c1. The Labute approximate surface area is 222 Å². The van der Waals surface area contributed by atoms with Crippen molar-refractivity contribution in [2.75, 3.05) is 26.2 Å². The summed E-state index contributed by atoms with van der Waals surface area (Å²) < 4.78 is 2.17. The van der Waals surface area contributed by atoms with E-state index < -0.39 is 0 Å². The number of aryl methyl sites for hydroxylation is 1. The molecule has 1 aliphatic rings. The van der Waals surface area contributed by atoms with Crippen molar-refractivity contribution in [2.45, 2.75) is 78.7 Å². The zero-order chi connectivity index (χ0) is 26.5. The number of unbranched alkanes of at least 4 members (excludes halogenated alkanes) is 2. The average Bonchev–Trinajstić information content (AvgIpc) is 3.32. The van der Waals surface area contributed by atoms with Crippen LogP contribution in [0.2, 0.25) is 0 Å². The van der Waals surface area contributed by atoms with E-state index in [1.54, 1.807) is 6.07 Å². The van der Waals surface area contributed by atoms with Gasteiger partial charge in [-0.1, -0.05) is 52.2 Å². The van der Waals surface area contributed by atoms with Crippen molar-refractivity contribution in [1.82, 2.24) is 19.8 Å². The number of nitriles is 1. The summed E-state index contributed by atoms with van der Waals surface area (Å²) in [4.78, 5) is 20.1. The van der Waals surface area contributed by atoms with Gasteiger partial charge >= 0.3 is 0 Å². The molecule has 1 amide bonds. The van der Waals surface area contributed by atoms with Crippen LogP contribution in [0.5, 0.6) is 0 Å². The van der Waals surface area contributed by atoms with Crippen molar-refractivity contribution in [1.29, 1.82) is 5.26 Å². The normalized spacial score (nSPS) is 13.0. The molecule has 6 heteroatoms. The summed E-state index contributed by atoms with van der Waals surface area (Å²) in [5.74, 6) is 0.938. The molecule has 4 rings (SSSR count). The van der Waals surface area contributed by atoms with Crippen LogP contribution in [-0.4, -0.2) is 46.5 Å². The Bertz CT molecular complexity index is 1150. The molecule has 37 heavy (non-hydrogen) atoms. The summed E-state index contributed by atoms with van der Waals surface area (Å²) in [6, 6.07) is 15.6. The van der Waals surface area contributed by atoms with Gasteiger partial charge in [-0.3, -0.25) is 4.79 Å². The van der Waals surface area contributed by atoms with Crippen molar-refractivity contribution in [3.63, 3.8) is 0 Å². The van der Waals surface area contributed by atoms with Gasteiger partial charge < -0.3 is 14.8 Å². The molecule has 2 heterocycles. The van der Waals surface area contributed by atoms with Gasteiger partial charge in [0, 0.05) is 30.8 Å². The van der Waals surface area contributed by atoms with Crippen LogP contribution in [0, 0.1) is 11.3 Å². The molecule has 3 aromatic rings.